The van der Waals surface area contributed by atoms with Crippen molar-refractivity contribution in [2.75, 3.05) is 17.5 Å². The molecule has 0 saturated carbocycles. The van der Waals surface area contributed by atoms with Gasteiger partial charge in [-0.2, -0.15) is 0 Å². The summed E-state index contributed by atoms with van der Waals surface area (Å²) in [4.78, 5) is 15.8. The van der Waals surface area contributed by atoms with Gasteiger partial charge >= 0.3 is 0 Å². The first-order valence-corrected chi connectivity index (χ1v) is 9.09. The van der Waals surface area contributed by atoms with Crippen molar-refractivity contribution in [3.63, 3.8) is 0 Å². The van der Waals surface area contributed by atoms with Crippen LogP contribution in [0.3, 0.4) is 0 Å². The van der Waals surface area contributed by atoms with Crippen molar-refractivity contribution < 1.29 is 17.6 Å². The Kier molecular flexibility index (Phi) is 5.72. The zero-order chi connectivity index (χ0) is 18.4. The molecule has 2 rings (SSSR count). The molecule has 0 spiro atoms. The van der Waals surface area contributed by atoms with Crippen LogP contribution in [0.4, 0.5) is 10.1 Å². The number of benzene rings is 1. The number of nitrogens with zero attached hydrogens (tertiary/aromatic N) is 1. The highest BCUT2D eigenvalue weighted by Crippen LogP contribution is 2.22. The lowest BCUT2D eigenvalue weighted by molar-refractivity contribution is -0.116. The summed E-state index contributed by atoms with van der Waals surface area (Å²) in [6.45, 7) is 0.582. The van der Waals surface area contributed by atoms with Gasteiger partial charge in [0, 0.05) is 18.8 Å². The molecule has 6 nitrogen and oxygen atoms in total. The van der Waals surface area contributed by atoms with Crippen LogP contribution in [0.1, 0.15) is 11.1 Å². The molecule has 0 saturated heterocycles. The molecule has 0 unspecified atom stereocenters. The van der Waals surface area contributed by atoms with E-state index >= 15 is 0 Å². The number of anilines is 1. The summed E-state index contributed by atoms with van der Waals surface area (Å²) in [5.74, 6) is 1.07. The summed E-state index contributed by atoms with van der Waals surface area (Å²) in [7, 11) is -3.67. The molecule has 1 amide bonds. The summed E-state index contributed by atoms with van der Waals surface area (Å²) in [5, 5.41) is 2.60. The quantitative estimate of drug-likeness (QED) is 0.592. The van der Waals surface area contributed by atoms with Gasteiger partial charge in [0.2, 0.25) is 15.9 Å². The largest absolute Gasteiger partial charge is 0.348 e. The molecular formula is C17H16FN3O3S. The van der Waals surface area contributed by atoms with Crippen LogP contribution in [0, 0.1) is 18.2 Å². The van der Waals surface area contributed by atoms with Crippen LogP contribution < -0.4 is 10.0 Å². The number of halogens is 1. The zero-order valence-electron chi connectivity index (χ0n) is 13.4. The molecule has 1 heterocycles. The minimum Gasteiger partial charge on any atom is -0.348 e. The molecule has 0 radical (unpaired) electrons. The summed E-state index contributed by atoms with van der Waals surface area (Å²) >= 11 is 0. The van der Waals surface area contributed by atoms with E-state index in [1.807, 2.05) is 0 Å². The highest BCUT2D eigenvalue weighted by molar-refractivity contribution is 7.92. The fourth-order valence-electron chi connectivity index (χ4n) is 2.07. The number of nitrogens with one attached hydrogen (secondary N) is 2. The van der Waals surface area contributed by atoms with E-state index in [1.165, 1.54) is 12.1 Å². The van der Waals surface area contributed by atoms with E-state index in [9.17, 15) is 17.6 Å². The van der Waals surface area contributed by atoms with Gasteiger partial charge in [-0.05, 0) is 29.3 Å². The summed E-state index contributed by atoms with van der Waals surface area (Å²) in [6, 6.07) is 2.56. The van der Waals surface area contributed by atoms with E-state index < -0.39 is 15.8 Å². The summed E-state index contributed by atoms with van der Waals surface area (Å²) < 4.78 is 38.7. The first-order valence-electron chi connectivity index (χ1n) is 7.20. The Balaban J connectivity index is 2.06. The molecule has 0 aliphatic carbocycles. The third kappa shape index (κ3) is 5.58. The number of allylic oxidation sites excluding steroid dienone is 1. The summed E-state index contributed by atoms with van der Waals surface area (Å²) in [6.07, 6.45) is 12.7. The van der Waals surface area contributed by atoms with Crippen LogP contribution in [-0.4, -0.2) is 33.3 Å². The minimum atomic E-state index is -3.67. The standard InChI is InChI=1S/C17H16FN3O3S/c1-3-14-8-13(9-15(18)17(14)21-25(2,23)24)11-20-16(22)5-4-12-6-7-19-10-12/h1,4-9,21H,10-11H2,2H3,(H,20,22)/b5-4+. The van der Waals surface area contributed by atoms with Crippen molar-refractivity contribution in [2.24, 2.45) is 4.99 Å². The van der Waals surface area contributed by atoms with Crippen LogP contribution in [0.25, 0.3) is 0 Å². The second-order valence-electron chi connectivity index (χ2n) is 5.30. The van der Waals surface area contributed by atoms with E-state index in [4.69, 9.17) is 6.42 Å². The van der Waals surface area contributed by atoms with Gasteiger partial charge in [-0.1, -0.05) is 12.0 Å². The van der Waals surface area contributed by atoms with E-state index in [0.29, 0.717) is 12.1 Å². The summed E-state index contributed by atoms with van der Waals surface area (Å²) in [5.41, 5.74) is 1.09. The number of amides is 1. The molecule has 0 bridgehead atoms. The van der Waals surface area contributed by atoms with Crippen LogP contribution in [0.15, 0.2) is 40.9 Å². The van der Waals surface area contributed by atoms with Crippen molar-refractivity contribution in [1.82, 2.24) is 5.32 Å². The molecule has 8 heteroatoms. The number of rotatable bonds is 6. The zero-order valence-corrected chi connectivity index (χ0v) is 14.2. The van der Waals surface area contributed by atoms with Gasteiger partial charge < -0.3 is 5.32 Å². The number of carbonyl (C=O) groups is 1. The lowest BCUT2D eigenvalue weighted by Gasteiger charge is -2.11. The molecule has 0 fully saturated rings. The van der Waals surface area contributed by atoms with Gasteiger partial charge in [0.25, 0.3) is 0 Å². The van der Waals surface area contributed by atoms with Crippen LogP contribution in [0.5, 0.6) is 0 Å². The van der Waals surface area contributed by atoms with Gasteiger partial charge in [-0.25, -0.2) is 12.8 Å². The number of terminal acetylenes is 1. The van der Waals surface area contributed by atoms with Crippen molar-refractivity contribution in [1.29, 1.82) is 0 Å². The number of sulfonamides is 1. The lowest BCUT2D eigenvalue weighted by Crippen LogP contribution is -2.21. The Bertz CT molecular complexity index is 925. The maximum Gasteiger partial charge on any atom is 0.244 e. The molecule has 1 aromatic carbocycles. The maximum atomic E-state index is 14.1. The highest BCUT2D eigenvalue weighted by Gasteiger charge is 2.14. The van der Waals surface area contributed by atoms with E-state index in [0.717, 1.165) is 17.9 Å². The Morgan fingerprint density at radius 1 is 1.48 bits per heavy atom. The third-order valence-electron chi connectivity index (χ3n) is 3.18. The maximum absolute atomic E-state index is 14.1. The molecule has 0 atom stereocenters. The van der Waals surface area contributed by atoms with Gasteiger partial charge in [0.1, 0.15) is 5.82 Å². The molecule has 1 aromatic rings. The van der Waals surface area contributed by atoms with Crippen molar-refractivity contribution in [3.8, 4) is 12.3 Å². The Morgan fingerprint density at radius 3 is 2.84 bits per heavy atom. The normalized spacial score (nSPS) is 13.6. The smallest absolute Gasteiger partial charge is 0.244 e. The number of carbonyl (C=O) groups excluding carboxylic acids is 1. The number of aliphatic imine (C=N–C) groups is 1. The second kappa shape index (κ2) is 7.77. The van der Waals surface area contributed by atoms with Gasteiger partial charge in [0.15, 0.2) is 0 Å². The molecule has 25 heavy (non-hydrogen) atoms. The fraction of sp³-hybridized carbons (Fsp3) is 0.176. The Labute approximate surface area is 145 Å². The molecule has 2 N–H and O–H groups in total. The van der Waals surface area contributed by atoms with E-state index in [2.05, 4.69) is 21.0 Å². The van der Waals surface area contributed by atoms with Crippen LogP contribution in [0.2, 0.25) is 0 Å². The average Bonchev–Trinajstić information content (AvgIpc) is 3.05. The SMILES string of the molecule is C#Cc1cc(CNC(=O)/C=C/C2=CC=NC2)cc(F)c1NS(C)(=O)=O. The second-order valence-corrected chi connectivity index (χ2v) is 7.05. The van der Waals surface area contributed by atoms with Gasteiger partial charge in [-0.3, -0.25) is 14.5 Å². The van der Waals surface area contributed by atoms with Gasteiger partial charge in [-0.15, -0.1) is 6.42 Å². The van der Waals surface area contributed by atoms with Crippen LogP contribution >= 0.6 is 0 Å². The van der Waals surface area contributed by atoms with Crippen molar-refractivity contribution in [3.05, 3.63) is 52.9 Å². The van der Waals surface area contributed by atoms with Gasteiger partial charge in [0.05, 0.1) is 24.1 Å². The lowest BCUT2D eigenvalue weighted by atomic mass is 10.1. The molecular weight excluding hydrogens is 345 g/mol. The first-order chi connectivity index (χ1) is 11.8. The van der Waals surface area contributed by atoms with Crippen LogP contribution in [-0.2, 0) is 21.4 Å². The predicted molar refractivity (Wildman–Crippen MR) is 95.2 cm³/mol. The van der Waals surface area contributed by atoms with E-state index in [-0.39, 0.29) is 23.7 Å². The molecule has 130 valence electrons. The molecule has 0 aromatic heterocycles. The monoisotopic (exact) mass is 361 g/mol. The van der Waals surface area contributed by atoms with Crippen molar-refractivity contribution in [2.45, 2.75) is 6.54 Å². The Morgan fingerprint density at radius 2 is 2.24 bits per heavy atom. The first kappa shape index (κ1) is 18.4. The van der Waals surface area contributed by atoms with Crippen molar-refractivity contribution >= 4 is 27.8 Å². The average molecular weight is 361 g/mol. The molecule has 1 aliphatic rings. The fourth-order valence-corrected chi connectivity index (χ4v) is 2.64. The predicted octanol–water partition coefficient (Wildman–Crippen LogP) is 1.36. The third-order valence-corrected chi connectivity index (χ3v) is 3.75. The Hall–Kier alpha value is -2.92. The number of hydrogen-bond acceptors (Lipinski definition) is 4. The highest BCUT2D eigenvalue weighted by atomic mass is 32.2. The molecule has 1 aliphatic heterocycles. The minimum absolute atomic E-state index is 0.0451. The topological polar surface area (TPSA) is 87.6 Å². The van der Waals surface area contributed by atoms with E-state index in [1.54, 1.807) is 18.4 Å². The number of hydrogen-bond donors (Lipinski definition) is 2.